The van der Waals surface area contributed by atoms with E-state index in [4.69, 9.17) is 9.15 Å². The van der Waals surface area contributed by atoms with Gasteiger partial charge in [-0.3, -0.25) is 0 Å². The summed E-state index contributed by atoms with van der Waals surface area (Å²) in [6, 6.07) is 3.36. The molecule has 1 rings (SSSR count). The third-order valence-corrected chi connectivity index (χ3v) is 2.18. The minimum atomic E-state index is -0.493. The first-order valence-electron chi connectivity index (χ1n) is 5.02. The number of rotatable bonds is 2. The lowest BCUT2D eigenvalue weighted by molar-refractivity contribution is 0.0502. The molecule has 0 fully saturated rings. The molecule has 90 valence electrons. The van der Waals surface area contributed by atoms with Crippen molar-refractivity contribution < 1.29 is 13.9 Å². The van der Waals surface area contributed by atoms with E-state index in [-0.39, 0.29) is 6.04 Å². The molecule has 1 heterocycles. The number of furan rings is 1. The van der Waals surface area contributed by atoms with Crippen molar-refractivity contribution in [2.45, 2.75) is 39.3 Å². The van der Waals surface area contributed by atoms with E-state index in [9.17, 15) is 4.79 Å². The molecule has 0 saturated heterocycles. The number of halogens is 1. The summed E-state index contributed by atoms with van der Waals surface area (Å²) in [5, 5.41) is 2.69. The van der Waals surface area contributed by atoms with Gasteiger partial charge in [-0.1, -0.05) is 0 Å². The van der Waals surface area contributed by atoms with Crippen LogP contribution in [0.5, 0.6) is 0 Å². The van der Waals surface area contributed by atoms with Crippen LogP contribution in [0.2, 0.25) is 0 Å². The summed E-state index contributed by atoms with van der Waals surface area (Å²) in [5.41, 5.74) is -0.493. The summed E-state index contributed by atoms with van der Waals surface area (Å²) in [5.74, 6) is 0.678. The number of hydrogen-bond donors (Lipinski definition) is 1. The highest BCUT2D eigenvalue weighted by Crippen LogP contribution is 2.20. The highest BCUT2D eigenvalue weighted by Gasteiger charge is 2.19. The number of amides is 1. The Morgan fingerprint density at radius 1 is 1.50 bits per heavy atom. The van der Waals surface area contributed by atoms with Crippen LogP contribution in [-0.4, -0.2) is 11.7 Å². The molecule has 0 aromatic carbocycles. The molecule has 0 spiro atoms. The van der Waals surface area contributed by atoms with Crippen LogP contribution < -0.4 is 5.32 Å². The second-order valence-corrected chi connectivity index (χ2v) is 5.29. The van der Waals surface area contributed by atoms with Gasteiger partial charge in [0.15, 0.2) is 4.67 Å². The second-order valence-electron chi connectivity index (χ2n) is 4.51. The predicted molar refractivity (Wildman–Crippen MR) is 64.2 cm³/mol. The molecule has 16 heavy (non-hydrogen) atoms. The van der Waals surface area contributed by atoms with Crippen molar-refractivity contribution in [3.8, 4) is 0 Å². The normalized spacial score (nSPS) is 13.3. The average molecular weight is 290 g/mol. The first kappa shape index (κ1) is 13.1. The molecule has 4 nitrogen and oxygen atoms in total. The highest BCUT2D eigenvalue weighted by atomic mass is 79.9. The van der Waals surface area contributed by atoms with E-state index in [1.54, 1.807) is 12.1 Å². The van der Waals surface area contributed by atoms with Gasteiger partial charge in [0, 0.05) is 0 Å². The summed E-state index contributed by atoms with van der Waals surface area (Å²) in [6.45, 7) is 7.29. The lowest BCUT2D eigenvalue weighted by Gasteiger charge is -2.21. The monoisotopic (exact) mass is 289 g/mol. The number of ether oxygens (including phenoxy) is 1. The average Bonchev–Trinajstić information content (AvgIpc) is 2.47. The van der Waals surface area contributed by atoms with Crippen molar-refractivity contribution in [3.63, 3.8) is 0 Å². The van der Waals surface area contributed by atoms with Crippen LogP contribution in [0.3, 0.4) is 0 Å². The van der Waals surface area contributed by atoms with E-state index in [0.717, 1.165) is 0 Å². The van der Waals surface area contributed by atoms with E-state index in [0.29, 0.717) is 10.4 Å². The molecular formula is C11H16BrNO3. The molecule has 1 aromatic rings. The zero-order valence-electron chi connectivity index (χ0n) is 9.83. The zero-order chi connectivity index (χ0) is 12.3. The van der Waals surface area contributed by atoms with Gasteiger partial charge in [0.25, 0.3) is 0 Å². The van der Waals surface area contributed by atoms with Gasteiger partial charge in [0.2, 0.25) is 0 Å². The van der Waals surface area contributed by atoms with E-state index in [2.05, 4.69) is 21.2 Å². The van der Waals surface area contributed by atoms with Gasteiger partial charge in [0.1, 0.15) is 11.4 Å². The lowest BCUT2D eigenvalue weighted by atomic mass is 10.2. The summed E-state index contributed by atoms with van der Waals surface area (Å²) in [7, 11) is 0. The van der Waals surface area contributed by atoms with E-state index < -0.39 is 11.7 Å². The summed E-state index contributed by atoms with van der Waals surface area (Å²) in [4.78, 5) is 11.5. The molecule has 1 aromatic heterocycles. The number of carbonyl (C=O) groups excluding carboxylic acids is 1. The largest absolute Gasteiger partial charge is 0.452 e. The standard InChI is InChI=1S/C11H16BrNO3/c1-7(8-5-6-9(12)15-8)13-10(14)16-11(2,3)4/h5-7H,1-4H3,(H,13,14). The van der Waals surface area contributed by atoms with Crippen molar-refractivity contribution in [2.24, 2.45) is 0 Å². The van der Waals surface area contributed by atoms with Gasteiger partial charge in [0.05, 0.1) is 6.04 Å². The quantitative estimate of drug-likeness (QED) is 0.905. The minimum absolute atomic E-state index is 0.221. The first-order valence-corrected chi connectivity index (χ1v) is 5.82. The van der Waals surface area contributed by atoms with Crippen molar-refractivity contribution in [1.29, 1.82) is 0 Å². The smallest absolute Gasteiger partial charge is 0.408 e. The molecule has 0 aliphatic heterocycles. The molecule has 0 bridgehead atoms. The fourth-order valence-corrected chi connectivity index (χ4v) is 1.44. The van der Waals surface area contributed by atoms with Crippen LogP contribution in [0.4, 0.5) is 4.79 Å². The van der Waals surface area contributed by atoms with Crippen molar-refractivity contribution in [1.82, 2.24) is 5.32 Å². The zero-order valence-corrected chi connectivity index (χ0v) is 11.4. The number of hydrogen-bond acceptors (Lipinski definition) is 3. The summed E-state index contributed by atoms with van der Waals surface area (Å²) >= 11 is 3.20. The fraction of sp³-hybridized carbons (Fsp3) is 0.545. The van der Waals surface area contributed by atoms with Gasteiger partial charge in [-0.25, -0.2) is 4.79 Å². The van der Waals surface area contributed by atoms with E-state index >= 15 is 0 Å². The van der Waals surface area contributed by atoms with Crippen LogP contribution in [0, 0.1) is 0 Å². The third-order valence-electron chi connectivity index (χ3n) is 1.75. The van der Waals surface area contributed by atoms with Crippen LogP contribution in [0.15, 0.2) is 21.2 Å². The Labute approximate surface area is 103 Å². The summed E-state index contributed by atoms with van der Waals surface area (Å²) < 4.78 is 11.1. The molecule has 0 saturated carbocycles. The summed E-state index contributed by atoms with van der Waals surface area (Å²) in [6.07, 6.45) is -0.451. The third kappa shape index (κ3) is 4.26. The Morgan fingerprint density at radius 2 is 2.12 bits per heavy atom. The van der Waals surface area contributed by atoms with Crippen molar-refractivity contribution in [3.05, 3.63) is 22.6 Å². The SMILES string of the molecule is CC(NC(=O)OC(C)(C)C)c1ccc(Br)o1. The first-order chi connectivity index (χ1) is 7.28. The molecule has 0 aliphatic carbocycles. The van der Waals surface area contributed by atoms with Crippen LogP contribution in [-0.2, 0) is 4.74 Å². The molecular weight excluding hydrogens is 274 g/mol. The Morgan fingerprint density at radius 3 is 2.56 bits per heavy atom. The maximum absolute atomic E-state index is 11.5. The molecule has 1 amide bonds. The molecule has 1 atom stereocenters. The van der Waals surface area contributed by atoms with Crippen LogP contribution in [0.1, 0.15) is 39.5 Å². The fourth-order valence-electron chi connectivity index (χ4n) is 1.12. The minimum Gasteiger partial charge on any atom is -0.452 e. The molecule has 0 radical (unpaired) electrons. The van der Waals surface area contributed by atoms with Gasteiger partial charge < -0.3 is 14.5 Å². The Hall–Kier alpha value is -0.970. The van der Waals surface area contributed by atoms with Crippen LogP contribution in [0.25, 0.3) is 0 Å². The number of alkyl carbamates (subject to hydrolysis) is 1. The maximum Gasteiger partial charge on any atom is 0.408 e. The van der Waals surface area contributed by atoms with Crippen molar-refractivity contribution in [2.75, 3.05) is 0 Å². The molecule has 0 aliphatic rings. The van der Waals surface area contributed by atoms with Gasteiger partial charge in [-0.05, 0) is 55.8 Å². The number of carbonyl (C=O) groups is 1. The molecule has 5 heteroatoms. The van der Waals surface area contributed by atoms with Gasteiger partial charge >= 0.3 is 6.09 Å². The van der Waals surface area contributed by atoms with Crippen LogP contribution >= 0.6 is 15.9 Å². The van der Waals surface area contributed by atoms with Crippen molar-refractivity contribution >= 4 is 22.0 Å². The lowest BCUT2D eigenvalue weighted by Crippen LogP contribution is -2.33. The Bertz CT molecular complexity index is 368. The Kier molecular flexibility index (Phi) is 4.02. The van der Waals surface area contributed by atoms with Gasteiger partial charge in [-0.15, -0.1) is 0 Å². The Balaban J connectivity index is 2.52. The predicted octanol–water partition coefficient (Wildman–Crippen LogP) is 3.63. The maximum atomic E-state index is 11.5. The highest BCUT2D eigenvalue weighted by molar-refractivity contribution is 9.10. The topological polar surface area (TPSA) is 51.5 Å². The molecule has 1 unspecified atom stereocenters. The van der Waals surface area contributed by atoms with E-state index in [1.807, 2.05) is 27.7 Å². The second kappa shape index (κ2) is 4.91. The number of nitrogens with one attached hydrogen (secondary N) is 1. The van der Waals surface area contributed by atoms with Gasteiger partial charge in [-0.2, -0.15) is 0 Å². The van der Waals surface area contributed by atoms with E-state index in [1.165, 1.54) is 0 Å². The molecule has 1 N–H and O–H groups in total.